The molecule has 0 aliphatic heterocycles. The maximum absolute atomic E-state index is 11.9. The maximum atomic E-state index is 11.9. The number of aliphatic hydroxyl groups is 1. The van der Waals surface area contributed by atoms with Crippen molar-refractivity contribution in [1.29, 1.82) is 0 Å². The average Bonchev–Trinajstić information content (AvgIpc) is 2.61. The van der Waals surface area contributed by atoms with Crippen LogP contribution in [0.1, 0.15) is 17.5 Å². The lowest BCUT2D eigenvalue weighted by Crippen LogP contribution is -2.07. The van der Waals surface area contributed by atoms with Crippen molar-refractivity contribution in [2.24, 2.45) is 0 Å². The predicted molar refractivity (Wildman–Crippen MR) is 95.4 cm³/mol. The molecule has 0 amide bonds. The molecule has 0 radical (unpaired) electrons. The van der Waals surface area contributed by atoms with Gasteiger partial charge in [0.05, 0.1) is 13.5 Å². The van der Waals surface area contributed by atoms with Gasteiger partial charge in [0.1, 0.15) is 0 Å². The summed E-state index contributed by atoms with van der Waals surface area (Å²) >= 11 is 0. The van der Waals surface area contributed by atoms with E-state index in [4.69, 9.17) is 4.74 Å². The minimum atomic E-state index is -0.651. The predicted octanol–water partition coefficient (Wildman–Crippen LogP) is 3.54. The third kappa shape index (κ3) is 5.35. The summed E-state index contributed by atoms with van der Waals surface area (Å²) in [7, 11) is 1.42. The third-order valence-corrected chi connectivity index (χ3v) is 3.39. The number of Topliss-reactive ketones (excluding diaryl/α,β-unsaturated/α-hetero) is 1. The van der Waals surface area contributed by atoms with E-state index in [2.05, 4.69) is 0 Å². The van der Waals surface area contributed by atoms with E-state index >= 15 is 0 Å². The van der Waals surface area contributed by atoms with Gasteiger partial charge in [0, 0.05) is 0 Å². The Hall–Kier alpha value is -3.34. The molecule has 2 aromatic carbocycles. The van der Waals surface area contributed by atoms with Gasteiger partial charge in [-0.15, -0.1) is 0 Å². The second-order valence-corrected chi connectivity index (χ2v) is 5.27. The number of benzene rings is 2. The minimum absolute atomic E-state index is 0.00266. The van der Waals surface area contributed by atoms with Crippen LogP contribution >= 0.6 is 0 Å². The minimum Gasteiger partial charge on any atom is -0.504 e. The summed E-state index contributed by atoms with van der Waals surface area (Å²) in [6.45, 7) is 0. The van der Waals surface area contributed by atoms with Crippen molar-refractivity contribution < 1.29 is 24.5 Å². The third-order valence-electron chi connectivity index (χ3n) is 3.39. The highest BCUT2D eigenvalue weighted by atomic mass is 16.5. The van der Waals surface area contributed by atoms with Gasteiger partial charge < -0.3 is 14.9 Å². The van der Waals surface area contributed by atoms with Gasteiger partial charge in [0.25, 0.3) is 0 Å². The quantitative estimate of drug-likeness (QED) is 0.458. The van der Waals surface area contributed by atoms with Crippen molar-refractivity contribution in [3.8, 4) is 11.5 Å². The van der Waals surface area contributed by atoms with E-state index in [1.165, 1.54) is 31.4 Å². The fourth-order valence-corrected chi connectivity index (χ4v) is 2.08. The summed E-state index contributed by atoms with van der Waals surface area (Å²) in [5, 5.41) is 19.3. The Bertz CT molecular complexity index is 819. The zero-order chi connectivity index (χ0) is 18.2. The first kappa shape index (κ1) is 18.0. The molecule has 2 N–H and O–H groups in total. The van der Waals surface area contributed by atoms with Gasteiger partial charge in [-0.25, -0.2) is 0 Å². The fourth-order valence-electron chi connectivity index (χ4n) is 2.08. The molecule has 0 aliphatic rings. The number of allylic oxidation sites excluding steroid dienone is 2. The van der Waals surface area contributed by atoms with E-state index in [0.717, 1.165) is 0 Å². The summed E-state index contributed by atoms with van der Waals surface area (Å²) in [6.07, 6.45) is 3.65. The van der Waals surface area contributed by atoms with Crippen LogP contribution in [0.25, 0.3) is 12.2 Å². The highest BCUT2D eigenvalue weighted by Crippen LogP contribution is 2.26. The van der Waals surface area contributed by atoms with Crippen molar-refractivity contribution in [1.82, 2.24) is 0 Å². The second kappa shape index (κ2) is 8.49. The Morgan fingerprint density at radius 1 is 1.08 bits per heavy atom. The van der Waals surface area contributed by atoms with Gasteiger partial charge in [-0.3, -0.25) is 9.59 Å². The number of methoxy groups -OCH3 is 1. The highest BCUT2D eigenvalue weighted by molar-refractivity contribution is 6.12. The molecule has 2 aromatic rings. The summed E-state index contributed by atoms with van der Waals surface area (Å²) in [5.41, 5.74) is 1.31. The van der Waals surface area contributed by atoms with Crippen LogP contribution in [0.3, 0.4) is 0 Å². The smallest absolute Gasteiger partial charge is 0.204 e. The number of hydrogen-bond acceptors (Lipinski definition) is 5. The molecule has 0 aromatic heterocycles. The first-order valence-corrected chi connectivity index (χ1v) is 7.56. The Morgan fingerprint density at radius 2 is 1.80 bits per heavy atom. The molecule has 0 aliphatic carbocycles. The van der Waals surface area contributed by atoms with E-state index in [9.17, 15) is 19.8 Å². The van der Waals surface area contributed by atoms with Gasteiger partial charge in [-0.1, -0.05) is 42.5 Å². The number of hydrogen-bond donors (Lipinski definition) is 2. The molecule has 0 fully saturated rings. The van der Waals surface area contributed by atoms with Gasteiger partial charge in [-0.05, 0) is 35.4 Å². The van der Waals surface area contributed by atoms with Crippen LogP contribution in [0.2, 0.25) is 0 Å². The number of carbonyl (C=O) groups is 2. The van der Waals surface area contributed by atoms with Gasteiger partial charge in [0.15, 0.2) is 23.0 Å². The number of carbonyl (C=O) groups excluding carboxylic acids is 2. The van der Waals surface area contributed by atoms with E-state index in [0.29, 0.717) is 11.1 Å². The number of aromatic hydroxyl groups is 1. The molecule has 0 atom stereocenters. The number of phenolic OH excluding ortho intramolecular Hbond substituents is 1. The molecule has 0 spiro atoms. The summed E-state index contributed by atoms with van der Waals surface area (Å²) in [4.78, 5) is 23.8. The Labute approximate surface area is 145 Å². The van der Waals surface area contributed by atoms with Crippen molar-refractivity contribution in [3.63, 3.8) is 0 Å². The lowest BCUT2D eigenvalue weighted by Gasteiger charge is -2.03. The molecule has 0 saturated carbocycles. The monoisotopic (exact) mass is 338 g/mol. The topological polar surface area (TPSA) is 83.8 Å². The van der Waals surface area contributed by atoms with Gasteiger partial charge in [0.2, 0.25) is 5.78 Å². The fraction of sp³-hybridized carbons (Fsp3) is 0.100. The number of aliphatic hydroxyl groups excluding tert-OH is 1. The van der Waals surface area contributed by atoms with E-state index in [1.54, 1.807) is 36.4 Å². The van der Waals surface area contributed by atoms with Crippen LogP contribution in [-0.2, 0) is 9.59 Å². The summed E-state index contributed by atoms with van der Waals surface area (Å²) in [5.74, 6) is -1.27. The number of ether oxygens (including phenoxy) is 1. The van der Waals surface area contributed by atoms with E-state index in [-0.39, 0.29) is 11.5 Å². The second-order valence-electron chi connectivity index (χ2n) is 5.27. The van der Waals surface area contributed by atoms with Gasteiger partial charge >= 0.3 is 0 Å². The molecular weight excluding hydrogens is 320 g/mol. The molecule has 0 unspecified atom stereocenters. The van der Waals surface area contributed by atoms with Gasteiger partial charge in [-0.2, -0.15) is 0 Å². The molecule has 128 valence electrons. The first-order chi connectivity index (χ1) is 12.0. The molecular formula is C20H18O5. The van der Waals surface area contributed by atoms with E-state index in [1.807, 2.05) is 6.07 Å². The molecule has 0 heterocycles. The zero-order valence-corrected chi connectivity index (χ0v) is 13.7. The largest absolute Gasteiger partial charge is 0.504 e. The van der Waals surface area contributed by atoms with Crippen LogP contribution < -0.4 is 4.74 Å². The van der Waals surface area contributed by atoms with Crippen molar-refractivity contribution in [2.75, 3.05) is 7.11 Å². The standard InChI is InChI=1S/C20H18O5/c1-25-20-12-15(8-10-17(20)22)7-9-16(21)13-19(24)18(23)11-14-5-3-2-4-6-14/h2-12,22-23H,13H2,1H3. The van der Waals surface area contributed by atoms with Crippen molar-refractivity contribution >= 4 is 23.7 Å². The lowest BCUT2D eigenvalue weighted by molar-refractivity contribution is -0.123. The van der Waals surface area contributed by atoms with Crippen molar-refractivity contribution in [2.45, 2.75) is 6.42 Å². The normalized spacial score (nSPS) is 11.5. The van der Waals surface area contributed by atoms with Crippen LogP contribution in [0.4, 0.5) is 0 Å². The van der Waals surface area contributed by atoms with Crippen LogP contribution in [0.15, 0.2) is 60.4 Å². The SMILES string of the molecule is COc1cc(C=CC(=O)CC(=O)C(O)=Cc2ccccc2)ccc1O. The lowest BCUT2D eigenvalue weighted by atomic mass is 10.1. The molecule has 25 heavy (non-hydrogen) atoms. The summed E-state index contributed by atoms with van der Waals surface area (Å²) < 4.78 is 4.98. The zero-order valence-electron chi connectivity index (χ0n) is 13.7. The Balaban J connectivity index is 1.99. The van der Waals surface area contributed by atoms with E-state index < -0.39 is 23.7 Å². The average molecular weight is 338 g/mol. The molecule has 5 nitrogen and oxygen atoms in total. The van der Waals surface area contributed by atoms with Crippen LogP contribution in [0, 0.1) is 0 Å². The maximum Gasteiger partial charge on any atom is 0.204 e. The highest BCUT2D eigenvalue weighted by Gasteiger charge is 2.12. The van der Waals surface area contributed by atoms with Crippen LogP contribution in [-0.4, -0.2) is 28.9 Å². The molecule has 2 rings (SSSR count). The number of ketones is 2. The van der Waals surface area contributed by atoms with Crippen molar-refractivity contribution in [3.05, 3.63) is 71.5 Å². The molecule has 5 heteroatoms. The molecule has 0 saturated heterocycles. The Morgan fingerprint density at radius 3 is 2.48 bits per heavy atom. The number of phenols is 1. The molecule has 0 bridgehead atoms. The van der Waals surface area contributed by atoms with Crippen LogP contribution in [0.5, 0.6) is 11.5 Å². The number of rotatable bonds is 7. The first-order valence-electron chi connectivity index (χ1n) is 7.56. The summed E-state index contributed by atoms with van der Waals surface area (Å²) in [6, 6.07) is 13.5. The Kier molecular flexibility index (Phi) is 6.12.